The number of aryl methyl sites for hydroxylation is 1. The lowest BCUT2D eigenvalue weighted by atomic mass is 10.1. The molecule has 1 aromatic heterocycles. The van der Waals surface area contributed by atoms with Gasteiger partial charge in [0.25, 0.3) is 0 Å². The van der Waals surface area contributed by atoms with Crippen molar-refractivity contribution < 1.29 is 4.79 Å². The molecule has 0 saturated carbocycles. The van der Waals surface area contributed by atoms with Gasteiger partial charge in [-0.15, -0.1) is 0 Å². The monoisotopic (exact) mass is 362 g/mol. The van der Waals surface area contributed by atoms with E-state index in [0.29, 0.717) is 18.0 Å². The van der Waals surface area contributed by atoms with Crippen molar-refractivity contribution in [2.24, 2.45) is 0 Å². The third-order valence-electron chi connectivity index (χ3n) is 4.21. The Balaban J connectivity index is 2.54. The molecule has 1 heterocycles. The van der Waals surface area contributed by atoms with Crippen LogP contribution in [-0.2, 0) is 11.3 Å². The van der Waals surface area contributed by atoms with Crippen LogP contribution >= 0.6 is 11.6 Å². The first-order chi connectivity index (χ1) is 11.8. The van der Waals surface area contributed by atoms with Gasteiger partial charge < -0.3 is 9.80 Å². The van der Waals surface area contributed by atoms with E-state index in [2.05, 4.69) is 0 Å². The Morgan fingerprint density at radius 2 is 2.00 bits per heavy atom. The summed E-state index contributed by atoms with van der Waals surface area (Å²) in [6, 6.07) is 7.76. The van der Waals surface area contributed by atoms with Gasteiger partial charge in [-0.2, -0.15) is 5.10 Å². The third-order valence-corrected chi connectivity index (χ3v) is 4.44. The first kappa shape index (κ1) is 19.3. The lowest BCUT2D eigenvalue weighted by molar-refractivity contribution is -0.133. The second-order valence-electron chi connectivity index (χ2n) is 6.64. The summed E-state index contributed by atoms with van der Waals surface area (Å²) in [5, 5.41) is 5.39. The van der Waals surface area contributed by atoms with E-state index < -0.39 is 0 Å². The van der Waals surface area contributed by atoms with Gasteiger partial charge in [0.15, 0.2) is 0 Å². The van der Waals surface area contributed by atoms with Crippen LogP contribution in [0.3, 0.4) is 0 Å². The van der Waals surface area contributed by atoms with Gasteiger partial charge in [0.05, 0.1) is 17.9 Å². The summed E-state index contributed by atoms with van der Waals surface area (Å²) >= 11 is 6.15. The first-order valence-electron chi connectivity index (χ1n) is 8.57. The maximum absolute atomic E-state index is 12.3. The van der Waals surface area contributed by atoms with Crippen molar-refractivity contribution in [2.75, 3.05) is 19.0 Å². The van der Waals surface area contributed by atoms with Gasteiger partial charge >= 0.3 is 0 Å². The molecular formula is C19H27ClN4O. The molecule has 25 heavy (non-hydrogen) atoms. The van der Waals surface area contributed by atoms with E-state index in [9.17, 15) is 4.79 Å². The number of carbonyl (C=O) groups excluding carboxylic acids is 1. The van der Waals surface area contributed by atoms with Crippen molar-refractivity contribution in [3.05, 3.63) is 40.5 Å². The Morgan fingerprint density at radius 3 is 2.52 bits per heavy atom. The van der Waals surface area contributed by atoms with Crippen molar-refractivity contribution in [2.45, 2.75) is 46.7 Å². The maximum atomic E-state index is 12.3. The number of halogens is 1. The Kier molecular flexibility index (Phi) is 6.11. The minimum absolute atomic E-state index is 0.136. The number of rotatable bonds is 6. The van der Waals surface area contributed by atoms with Crippen LogP contribution in [-0.4, -0.2) is 40.7 Å². The summed E-state index contributed by atoms with van der Waals surface area (Å²) in [6.45, 7) is 8.51. The van der Waals surface area contributed by atoms with Gasteiger partial charge in [0.2, 0.25) is 5.91 Å². The SMILES string of the molecule is CCC(=O)N(Cc1c(C)nn(-c2cccc(Cl)c2)c1N(C)C)C(C)C. The second kappa shape index (κ2) is 7.91. The molecule has 5 nitrogen and oxygen atoms in total. The van der Waals surface area contributed by atoms with E-state index in [-0.39, 0.29) is 11.9 Å². The summed E-state index contributed by atoms with van der Waals surface area (Å²) < 4.78 is 1.89. The minimum Gasteiger partial charge on any atom is -0.362 e. The van der Waals surface area contributed by atoms with Crippen LogP contribution in [0.5, 0.6) is 0 Å². The average molecular weight is 363 g/mol. The first-order valence-corrected chi connectivity index (χ1v) is 8.95. The maximum Gasteiger partial charge on any atom is 0.222 e. The van der Waals surface area contributed by atoms with E-state index in [1.54, 1.807) is 0 Å². The molecule has 0 unspecified atom stereocenters. The molecule has 0 bridgehead atoms. The highest BCUT2D eigenvalue weighted by Crippen LogP contribution is 2.29. The number of hydrogen-bond donors (Lipinski definition) is 0. The number of anilines is 1. The summed E-state index contributed by atoms with van der Waals surface area (Å²) in [5.74, 6) is 1.11. The zero-order valence-corrected chi connectivity index (χ0v) is 16.6. The van der Waals surface area contributed by atoms with Crippen LogP contribution in [0.15, 0.2) is 24.3 Å². The molecule has 1 aromatic carbocycles. The average Bonchev–Trinajstić information content (AvgIpc) is 2.88. The van der Waals surface area contributed by atoms with Crippen molar-refractivity contribution in [3.63, 3.8) is 0 Å². The second-order valence-corrected chi connectivity index (χ2v) is 7.08. The molecule has 0 N–H and O–H groups in total. The number of benzene rings is 1. The normalized spacial score (nSPS) is 11.0. The number of carbonyl (C=O) groups is 1. The molecule has 0 radical (unpaired) electrons. The summed E-state index contributed by atoms with van der Waals surface area (Å²) in [7, 11) is 3.98. The standard InChI is InChI=1S/C19H27ClN4O/c1-7-18(25)23(13(2)3)12-17-14(4)21-24(19(17)22(5)6)16-10-8-9-15(20)11-16/h8-11,13H,7,12H2,1-6H3. The van der Waals surface area contributed by atoms with Gasteiger partial charge in [-0.3, -0.25) is 4.79 Å². The largest absolute Gasteiger partial charge is 0.362 e. The van der Waals surface area contributed by atoms with Crippen LogP contribution in [0.25, 0.3) is 5.69 Å². The van der Waals surface area contributed by atoms with Gasteiger partial charge in [-0.1, -0.05) is 24.6 Å². The van der Waals surface area contributed by atoms with Crippen LogP contribution in [0.4, 0.5) is 5.82 Å². The van der Waals surface area contributed by atoms with Crippen LogP contribution in [0, 0.1) is 6.92 Å². The van der Waals surface area contributed by atoms with Crippen LogP contribution in [0.2, 0.25) is 5.02 Å². The van der Waals surface area contributed by atoms with Gasteiger partial charge in [-0.25, -0.2) is 4.68 Å². The molecule has 0 fully saturated rings. The Labute approximate surface area is 155 Å². The zero-order chi connectivity index (χ0) is 18.7. The van der Waals surface area contributed by atoms with Crippen LogP contribution < -0.4 is 4.90 Å². The van der Waals surface area contributed by atoms with Crippen molar-refractivity contribution in [1.82, 2.24) is 14.7 Å². The van der Waals surface area contributed by atoms with Gasteiger partial charge in [0.1, 0.15) is 5.82 Å². The van der Waals surface area contributed by atoms with E-state index >= 15 is 0 Å². The van der Waals surface area contributed by atoms with Crippen LogP contribution in [0.1, 0.15) is 38.4 Å². The molecule has 0 atom stereocenters. The fourth-order valence-corrected chi connectivity index (χ4v) is 3.10. The quantitative estimate of drug-likeness (QED) is 0.778. The van der Waals surface area contributed by atoms with E-state index in [4.69, 9.17) is 16.7 Å². The Bertz CT molecular complexity index is 752. The number of hydrogen-bond acceptors (Lipinski definition) is 3. The number of aromatic nitrogens is 2. The van der Waals surface area contributed by atoms with Crippen molar-refractivity contribution in [3.8, 4) is 5.69 Å². The van der Waals surface area contributed by atoms with Gasteiger partial charge in [0, 0.05) is 37.1 Å². The number of amides is 1. The fourth-order valence-electron chi connectivity index (χ4n) is 2.91. The Morgan fingerprint density at radius 1 is 1.32 bits per heavy atom. The lowest BCUT2D eigenvalue weighted by Gasteiger charge is -2.28. The molecule has 0 aliphatic rings. The van der Waals surface area contributed by atoms with E-state index in [1.165, 1.54) is 0 Å². The van der Waals surface area contributed by atoms with Crippen molar-refractivity contribution >= 4 is 23.3 Å². The predicted octanol–water partition coefficient (Wildman–Crippen LogP) is 4.05. The van der Waals surface area contributed by atoms with Gasteiger partial charge in [-0.05, 0) is 39.0 Å². The minimum atomic E-state index is 0.136. The smallest absolute Gasteiger partial charge is 0.222 e. The molecule has 2 aromatic rings. The molecular weight excluding hydrogens is 336 g/mol. The molecule has 0 aliphatic carbocycles. The predicted molar refractivity (Wildman–Crippen MR) is 104 cm³/mol. The van der Waals surface area contributed by atoms with Crippen molar-refractivity contribution in [1.29, 1.82) is 0 Å². The summed E-state index contributed by atoms with van der Waals surface area (Å²) in [5.41, 5.74) is 2.88. The molecule has 2 rings (SSSR count). The Hall–Kier alpha value is -2.01. The molecule has 1 amide bonds. The highest BCUT2D eigenvalue weighted by Gasteiger charge is 2.23. The molecule has 6 heteroatoms. The molecule has 136 valence electrons. The topological polar surface area (TPSA) is 41.4 Å². The number of nitrogens with zero attached hydrogens (tertiary/aromatic N) is 4. The zero-order valence-electron chi connectivity index (χ0n) is 15.9. The highest BCUT2D eigenvalue weighted by atomic mass is 35.5. The molecule has 0 saturated heterocycles. The lowest BCUT2D eigenvalue weighted by Crippen LogP contribution is -2.36. The fraction of sp³-hybridized carbons (Fsp3) is 0.474. The molecule has 0 spiro atoms. The summed E-state index contributed by atoms with van der Waals surface area (Å²) in [6.07, 6.45) is 0.497. The highest BCUT2D eigenvalue weighted by molar-refractivity contribution is 6.30. The third kappa shape index (κ3) is 4.15. The van der Waals surface area contributed by atoms with E-state index in [1.807, 2.05) is 80.5 Å². The van der Waals surface area contributed by atoms with E-state index in [0.717, 1.165) is 22.8 Å². The molecule has 0 aliphatic heterocycles. The summed E-state index contributed by atoms with van der Waals surface area (Å²) in [4.78, 5) is 16.3.